The number of amides is 3. The molecule has 3 amide bonds. The van der Waals surface area contributed by atoms with Crippen LogP contribution < -0.4 is 16.4 Å². The van der Waals surface area contributed by atoms with Crippen LogP contribution in [0.1, 0.15) is 28.9 Å². The number of esters is 1. The van der Waals surface area contributed by atoms with Gasteiger partial charge in [0.2, 0.25) is 11.8 Å². The Morgan fingerprint density at radius 1 is 1.06 bits per heavy atom. The first kappa shape index (κ1) is 21.4. The Balaban J connectivity index is 1.63. The van der Waals surface area contributed by atoms with Crippen LogP contribution in [0.25, 0.3) is 0 Å². The molecule has 10 heteroatoms. The Bertz CT molecular complexity index is 1080. The number of imidazole rings is 1. The van der Waals surface area contributed by atoms with Gasteiger partial charge < -0.3 is 30.8 Å². The van der Waals surface area contributed by atoms with E-state index in [-0.39, 0.29) is 12.5 Å². The zero-order chi connectivity index (χ0) is 22.4. The van der Waals surface area contributed by atoms with Gasteiger partial charge in [-0.3, -0.25) is 4.79 Å². The minimum atomic E-state index is -0.853. The fourth-order valence-electron chi connectivity index (χ4n) is 2.90. The molecule has 3 aromatic rings. The standard InChI is InChI=1S/C21H21N5O5/c1-2-31-20(29)14-5-9-16(10-6-14)25-21(30)24-15-7-3-13(4-8-15)18(19(22)28)26-11-17(27)23-12-26/h3-12,18,27H,2H2,1H3,(H2,22,28)(H2,24,25,30)/t18-/m0/s1. The largest absolute Gasteiger partial charge is 0.492 e. The van der Waals surface area contributed by atoms with Crippen LogP contribution in [0.15, 0.2) is 61.1 Å². The number of hydrogen-bond acceptors (Lipinski definition) is 6. The maximum Gasteiger partial charge on any atom is 0.338 e. The number of benzene rings is 2. The van der Waals surface area contributed by atoms with Gasteiger partial charge in [-0.05, 0) is 48.9 Å². The Kier molecular flexibility index (Phi) is 6.51. The zero-order valence-electron chi connectivity index (χ0n) is 16.6. The summed E-state index contributed by atoms with van der Waals surface area (Å²) in [5, 5.41) is 14.7. The smallest absolute Gasteiger partial charge is 0.338 e. The molecule has 0 spiro atoms. The van der Waals surface area contributed by atoms with Gasteiger partial charge in [0, 0.05) is 11.4 Å². The molecule has 0 radical (unpaired) electrons. The number of anilines is 2. The van der Waals surface area contributed by atoms with Crippen LogP contribution in [0.4, 0.5) is 16.2 Å². The Hall–Kier alpha value is -4.34. The highest BCUT2D eigenvalue weighted by atomic mass is 16.5. The lowest BCUT2D eigenvalue weighted by atomic mass is 10.1. The first-order valence-electron chi connectivity index (χ1n) is 9.34. The van der Waals surface area contributed by atoms with Crippen molar-refractivity contribution in [1.29, 1.82) is 0 Å². The van der Waals surface area contributed by atoms with Crippen molar-refractivity contribution in [1.82, 2.24) is 9.55 Å². The summed E-state index contributed by atoms with van der Waals surface area (Å²) in [5.41, 5.74) is 7.41. The second-order valence-corrected chi connectivity index (χ2v) is 6.48. The second kappa shape index (κ2) is 9.44. The second-order valence-electron chi connectivity index (χ2n) is 6.48. The van der Waals surface area contributed by atoms with E-state index in [0.29, 0.717) is 22.5 Å². The number of carbonyl (C=O) groups excluding carboxylic acids is 3. The van der Waals surface area contributed by atoms with E-state index in [0.717, 1.165) is 0 Å². The molecule has 0 unspecified atom stereocenters. The highest BCUT2D eigenvalue weighted by Crippen LogP contribution is 2.22. The van der Waals surface area contributed by atoms with Gasteiger partial charge in [0.05, 0.1) is 24.7 Å². The molecular weight excluding hydrogens is 402 g/mol. The molecule has 0 fully saturated rings. The molecule has 3 rings (SSSR count). The highest BCUT2D eigenvalue weighted by molar-refractivity contribution is 6.00. The molecule has 31 heavy (non-hydrogen) atoms. The van der Waals surface area contributed by atoms with E-state index in [1.807, 2.05) is 0 Å². The quantitative estimate of drug-likeness (QED) is 0.429. The van der Waals surface area contributed by atoms with Crippen molar-refractivity contribution in [2.75, 3.05) is 17.2 Å². The number of nitrogens with one attached hydrogen (secondary N) is 2. The van der Waals surface area contributed by atoms with Crippen LogP contribution in [0.3, 0.4) is 0 Å². The van der Waals surface area contributed by atoms with Crippen molar-refractivity contribution in [2.24, 2.45) is 5.73 Å². The van der Waals surface area contributed by atoms with Crippen LogP contribution in [0.2, 0.25) is 0 Å². The number of carbonyl (C=O) groups is 3. The summed E-state index contributed by atoms with van der Waals surface area (Å²) >= 11 is 0. The summed E-state index contributed by atoms with van der Waals surface area (Å²) in [4.78, 5) is 39.4. The lowest BCUT2D eigenvalue weighted by molar-refractivity contribution is -0.120. The normalized spacial score (nSPS) is 11.4. The fraction of sp³-hybridized carbons (Fsp3) is 0.143. The molecule has 0 saturated carbocycles. The number of rotatable bonds is 7. The van der Waals surface area contributed by atoms with E-state index in [9.17, 15) is 19.5 Å². The maximum atomic E-state index is 12.2. The van der Waals surface area contributed by atoms with Crippen LogP contribution in [-0.4, -0.2) is 39.2 Å². The molecule has 10 nitrogen and oxygen atoms in total. The third kappa shape index (κ3) is 5.38. The van der Waals surface area contributed by atoms with Gasteiger partial charge >= 0.3 is 12.0 Å². The minimum absolute atomic E-state index is 0.225. The Morgan fingerprint density at radius 3 is 2.13 bits per heavy atom. The molecule has 0 aliphatic carbocycles. The molecule has 160 valence electrons. The number of aromatic hydroxyl groups is 1. The third-order valence-electron chi connectivity index (χ3n) is 4.29. The highest BCUT2D eigenvalue weighted by Gasteiger charge is 2.20. The van der Waals surface area contributed by atoms with Gasteiger partial charge in [-0.15, -0.1) is 0 Å². The minimum Gasteiger partial charge on any atom is -0.492 e. The predicted molar refractivity (Wildman–Crippen MR) is 113 cm³/mol. The van der Waals surface area contributed by atoms with E-state index in [2.05, 4.69) is 15.6 Å². The Morgan fingerprint density at radius 2 is 1.65 bits per heavy atom. The zero-order valence-corrected chi connectivity index (χ0v) is 16.6. The van der Waals surface area contributed by atoms with Crippen molar-refractivity contribution in [3.05, 3.63) is 72.2 Å². The van der Waals surface area contributed by atoms with Gasteiger partial charge in [-0.25, -0.2) is 14.6 Å². The summed E-state index contributed by atoms with van der Waals surface area (Å²) in [6.45, 7) is 2.01. The number of ether oxygens (including phenoxy) is 1. The third-order valence-corrected chi connectivity index (χ3v) is 4.29. The molecule has 2 aromatic carbocycles. The van der Waals surface area contributed by atoms with E-state index >= 15 is 0 Å². The molecule has 0 aliphatic rings. The summed E-state index contributed by atoms with van der Waals surface area (Å²) in [6.07, 6.45) is 2.60. The summed E-state index contributed by atoms with van der Waals surface area (Å²) in [5.74, 6) is -1.28. The molecular formula is C21H21N5O5. The number of urea groups is 1. The van der Waals surface area contributed by atoms with E-state index in [4.69, 9.17) is 10.5 Å². The average Bonchev–Trinajstić information content (AvgIpc) is 3.15. The number of aromatic nitrogens is 2. The van der Waals surface area contributed by atoms with Crippen LogP contribution in [0, 0.1) is 0 Å². The van der Waals surface area contributed by atoms with Crippen LogP contribution >= 0.6 is 0 Å². The molecule has 1 atom stereocenters. The molecule has 1 heterocycles. The fourth-order valence-corrected chi connectivity index (χ4v) is 2.90. The SMILES string of the molecule is CCOC(=O)c1ccc(NC(=O)Nc2ccc([C@@H](C(N)=O)n3cnc(O)c3)cc2)cc1. The molecule has 0 saturated heterocycles. The Labute approximate surface area is 177 Å². The van der Waals surface area contributed by atoms with Crippen molar-refractivity contribution in [3.63, 3.8) is 0 Å². The van der Waals surface area contributed by atoms with E-state index < -0.39 is 23.9 Å². The van der Waals surface area contributed by atoms with Crippen molar-refractivity contribution < 1.29 is 24.2 Å². The van der Waals surface area contributed by atoms with Gasteiger partial charge in [-0.1, -0.05) is 12.1 Å². The van der Waals surface area contributed by atoms with Crippen molar-refractivity contribution >= 4 is 29.3 Å². The number of nitrogens with zero attached hydrogens (tertiary/aromatic N) is 2. The van der Waals surface area contributed by atoms with Crippen LogP contribution in [-0.2, 0) is 9.53 Å². The molecule has 5 N–H and O–H groups in total. The summed E-state index contributed by atoms with van der Waals surface area (Å²) in [7, 11) is 0. The number of hydrogen-bond donors (Lipinski definition) is 4. The topological polar surface area (TPSA) is 149 Å². The van der Waals surface area contributed by atoms with Gasteiger partial charge in [0.15, 0.2) is 0 Å². The van der Waals surface area contributed by atoms with Gasteiger partial charge in [0.25, 0.3) is 0 Å². The van der Waals surface area contributed by atoms with E-state index in [1.165, 1.54) is 17.1 Å². The number of nitrogens with two attached hydrogens (primary N) is 1. The first-order chi connectivity index (χ1) is 14.9. The summed E-state index contributed by atoms with van der Waals surface area (Å²) < 4.78 is 6.31. The predicted octanol–water partition coefficient (Wildman–Crippen LogP) is 2.48. The van der Waals surface area contributed by atoms with Gasteiger partial charge in [-0.2, -0.15) is 0 Å². The maximum absolute atomic E-state index is 12.2. The van der Waals surface area contributed by atoms with Crippen molar-refractivity contribution in [3.8, 4) is 5.88 Å². The lowest BCUT2D eigenvalue weighted by Gasteiger charge is -2.16. The molecule has 1 aromatic heterocycles. The average molecular weight is 423 g/mol. The summed E-state index contributed by atoms with van der Waals surface area (Å²) in [6, 6.07) is 11.5. The van der Waals surface area contributed by atoms with Gasteiger partial charge in [0.1, 0.15) is 6.04 Å². The first-order valence-corrected chi connectivity index (χ1v) is 9.34. The van der Waals surface area contributed by atoms with E-state index in [1.54, 1.807) is 55.5 Å². The lowest BCUT2D eigenvalue weighted by Crippen LogP contribution is -2.26. The van der Waals surface area contributed by atoms with Crippen LogP contribution in [0.5, 0.6) is 5.88 Å². The molecule has 0 bridgehead atoms. The van der Waals surface area contributed by atoms with Crippen molar-refractivity contribution in [2.45, 2.75) is 13.0 Å². The molecule has 0 aliphatic heterocycles. The monoisotopic (exact) mass is 423 g/mol. The number of primary amides is 1.